The summed E-state index contributed by atoms with van der Waals surface area (Å²) in [6.07, 6.45) is 0.901. The van der Waals surface area contributed by atoms with Gasteiger partial charge in [0, 0.05) is 37.1 Å². The molecule has 5 rings (SSSR count). The van der Waals surface area contributed by atoms with Crippen molar-refractivity contribution in [1.82, 2.24) is 19.9 Å². The van der Waals surface area contributed by atoms with E-state index in [1.54, 1.807) is 0 Å². The van der Waals surface area contributed by atoms with Gasteiger partial charge in [-0.2, -0.15) is 0 Å². The summed E-state index contributed by atoms with van der Waals surface area (Å²) in [6.45, 7) is 3.01. The topological polar surface area (TPSA) is 65.1 Å². The van der Waals surface area contributed by atoms with E-state index < -0.39 is 0 Å². The number of amides is 1. The van der Waals surface area contributed by atoms with E-state index in [9.17, 15) is 4.79 Å². The summed E-state index contributed by atoms with van der Waals surface area (Å²) in [4.78, 5) is 29.8. The van der Waals surface area contributed by atoms with Gasteiger partial charge in [-0.05, 0) is 18.6 Å². The standard InChI is InChI=1S/C22H21N5OS/c28-21(19-15-29-20(23-19)16-7-2-1-3-8-16)26-11-6-12-27(14-13-26)22-24-17-9-4-5-10-18(17)25-22/h1-5,7-10,15H,6,11-14H2,(H,24,25). The highest BCUT2D eigenvalue weighted by Gasteiger charge is 2.23. The first-order valence-electron chi connectivity index (χ1n) is 9.78. The number of aromatic nitrogens is 3. The van der Waals surface area contributed by atoms with Crippen LogP contribution in [0.25, 0.3) is 21.6 Å². The Kier molecular flexibility index (Phi) is 4.73. The van der Waals surface area contributed by atoms with Gasteiger partial charge in [0.15, 0.2) is 0 Å². The van der Waals surface area contributed by atoms with Crippen LogP contribution in [0.15, 0.2) is 60.0 Å². The molecule has 1 N–H and O–H groups in total. The first-order chi connectivity index (χ1) is 14.3. The number of hydrogen-bond acceptors (Lipinski definition) is 5. The fourth-order valence-electron chi connectivity index (χ4n) is 3.67. The second-order valence-electron chi connectivity index (χ2n) is 7.11. The maximum atomic E-state index is 13.0. The molecule has 1 amide bonds. The van der Waals surface area contributed by atoms with Gasteiger partial charge in [0.05, 0.1) is 11.0 Å². The van der Waals surface area contributed by atoms with Gasteiger partial charge in [-0.15, -0.1) is 11.3 Å². The van der Waals surface area contributed by atoms with Gasteiger partial charge in [-0.3, -0.25) is 4.79 Å². The Morgan fingerprint density at radius 2 is 1.76 bits per heavy atom. The molecule has 6 nitrogen and oxygen atoms in total. The smallest absolute Gasteiger partial charge is 0.273 e. The molecule has 2 aromatic heterocycles. The average molecular weight is 404 g/mol. The number of benzene rings is 2. The summed E-state index contributed by atoms with van der Waals surface area (Å²) < 4.78 is 0. The van der Waals surface area contributed by atoms with Crippen LogP contribution in [0.1, 0.15) is 16.9 Å². The van der Waals surface area contributed by atoms with Crippen LogP contribution in [0.5, 0.6) is 0 Å². The Bertz CT molecular complexity index is 1100. The summed E-state index contributed by atoms with van der Waals surface area (Å²) in [5.74, 6) is 0.885. The lowest BCUT2D eigenvalue weighted by atomic mass is 10.2. The number of carbonyl (C=O) groups excluding carboxylic acids is 1. The molecule has 1 saturated heterocycles. The van der Waals surface area contributed by atoms with E-state index in [2.05, 4.69) is 14.9 Å². The first-order valence-corrected chi connectivity index (χ1v) is 10.7. The lowest BCUT2D eigenvalue weighted by Gasteiger charge is -2.21. The van der Waals surface area contributed by atoms with Gasteiger partial charge in [0.25, 0.3) is 5.91 Å². The number of carbonyl (C=O) groups is 1. The predicted molar refractivity (Wildman–Crippen MR) is 116 cm³/mol. The molecule has 0 radical (unpaired) electrons. The van der Waals surface area contributed by atoms with Crippen molar-refractivity contribution >= 4 is 34.2 Å². The number of hydrogen-bond donors (Lipinski definition) is 1. The zero-order chi connectivity index (χ0) is 19.6. The molecule has 2 aromatic carbocycles. The van der Waals surface area contributed by atoms with Crippen molar-refractivity contribution < 1.29 is 4.79 Å². The van der Waals surface area contributed by atoms with Crippen LogP contribution in [0.4, 0.5) is 5.95 Å². The van der Waals surface area contributed by atoms with Crippen molar-refractivity contribution in [2.75, 3.05) is 31.1 Å². The third-order valence-electron chi connectivity index (χ3n) is 5.20. The minimum absolute atomic E-state index is 0.00915. The Morgan fingerprint density at radius 3 is 2.62 bits per heavy atom. The molecule has 0 saturated carbocycles. The number of thiazole rings is 1. The maximum absolute atomic E-state index is 13.0. The molecule has 0 spiro atoms. The number of para-hydroxylation sites is 2. The molecule has 3 heterocycles. The summed E-state index contributed by atoms with van der Waals surface area (Å²) in [5, 5.41) is 2.75. The molecule has 146 valence electrons. The summed E-state index contributed by atoms with van der Waals surface area (Å²) in [6, 6.07) is 18.0. The van der Waals surface area contributed by atoms with Crippen LogP contribution in [0.2, 0.25) is 0 Å². The molecule has 1 aliphatic rings. The van der Waals surface area contributed by atoms with Crippen LogP contribution in [-0.4, -0.2) is 51.9 Å². The zero-order valence-corrected chi connectivity index (χ0v) is 16.7. The van der Waals surface area contributed by atoms with Gasteiger partial charge in [-0.1, -0.05) is 42.5 Å². The van der Waals surface area contributed by atoms with Gasteiger partial charge in [0.2, 0.25) is 5.95 Å². The zero-order valence-electron chi connectivity index (χ0n) is 15.9. The van der Waals surface area contributed by atoms with Gasteiger partial charge in [0.1, 0.15) is 10.7 Å². The number of nitrogens with zero attached hydrogens (tertiary/aromatic N) is 4. The minimum Gasteiger partial charge on any atom is -0.341 e. The van der Waals surface area contributed by atoms with Crippen LogP contribution in [-0.2, 0) is 0 Å². The molecular weight excluding hydrogens is 382 g/mol. The number of H-pyrrole nitrogens is 1. The number of nitrogens with one attached hydrogen (secondary N) is 1. The second kappa shape index (κ2) is 7.67. The van der Waals surface area contributed by atoms with Gasteiger partial charge in [-0.25, -0.2) is 9.97 Å². The molecular formula is C22H21N5OS. The van der Waals surface area contributed by atoms with E-state index in [1.807, 2.05) is 64.9 Å². The van der Waals surface area contributed by atoms with Crippen LogP contribution in [0, 0.1) is 0 Å². The molecule has 0 atom stereocenters. The molecule has 0 aliphatic carbocycles. The third kappa shape index (κ3) is 3.61. The molecule has 29 heavy (non-hydrogen) atoms. The molecule has 7 heteroatoms. The summed E-state index contributed by atoms with van der Waals surface area (Å²) in [5.41, 5.74) is 3.58. The largest absolute Gasteiger partial charge is 0.341 e. The van der Waals surface area contributed by atoms with Crippen molar-refractivity contribution in [2.24, 2.45) is 0 Å². The van der Waals surface area contributed by atoms with E-state index in [4.69, 9.17) is 4.98 Å². The Hall–Kier alpha value is -3.19. The summed E-state index contributed by atoms with van der Waals surface area (Å²) in [7, 11) is 0. The second-order valence-corrected chi connectivity index (χ2v) is 7.97. The SMILES string of the molecule is O=C(c1csc(-c2ccccc2)n1)N1CCCN(c2nc3ccccc3[nH]2)CC1. The van der Waals surface area contributed by atoms with Gasteiger partial charge >= 0.3 is 0 Å². The average Bonchev–Trinajstić information content (AvgIpc) is 3.35. The molecule has 0 unspecified atom stereocenters. The fraction of sp³-hybridized carbons (Fsp3) is 0.227. The third-order valence-corrected chi connectivity index (χ3v) is 6.09. The quantitative estimate of drug-likeness (QED) is 0.561. The fourth-order valence-corrected chi connectivity index (χ4v) is 4.47. The van der Waals surface area contributed by atoms with Crippen LogP contribution >= 0.6 is 11.3 Å². The van der Waals surface area contributed by atoms with Crippen LogP contribution in [0.3, 0.4) is 0 Å². The number of rotatable bonds is 3. The monoisotopic (exact) mass is 403 g/mol. The van der Waals surface area contributed by atoms with E-state index in [0.29, 0.717) is 12.2 Å². The van der Waals surface area contributed by atoms with Crippen molar-refractivity contribution in [2.45, 2.75) is 6.42 Å². The number of aromatic amines is 1. The first kappa shape index (κ1) is 17.9. The Balaban J connectivity index is 1.29. The minimum atomic E-state index is 0.00915. The van der Waals surface area contributed by atoms with Crippen molar-refractivity contribution in [1.29, 1.82) is 0 Å². The van der Waals surface area contributed by atoms with Crippen LogP contribution < -0.4 is 4.90 Å². The van der Waals surface area contributed by atoms with E-state index >= 15 is 0 Å². The van der Waals surface area contributed by atoms with Crippen molar-refractivity contribution in [3.63, 3.8) is 0 Å². The van der Waals surface area contributed by atoms with E-state index in [1.165, 1.54) is 11.3 Å². The lowest BCUT2D eigenvalue weighted by molar-refractivity contribution is 0.0762. The normalized spacial score (nSPS) is 14.9. The van der Waals surface area contributed by atoms with Crippen molar-refractivity contribution in [3.8, 4) is 10.6 Å². The highest BCUT2D eigenvalue weighted by molar-refractivity contribution is 7.13. The Morgan fingerprint density at radius 1 is 0.931 bits per heavy atom. The predicted octanol–water partition coefficient (Wildman–Crippen LogP) is 4.04. The number of fused-ring (bicyclic) bond motifs is 1. The van der Waals surface area contributed by atoms with E-state index in [0.717, 1.165) is 53.6 Å². The Labute approximate surface area is 172 Å². The number of anilines is 1. The number of imidazole rings is 1. The van der Waals surface area contributed by atoms with E-state index in [-0.39, 0.29) is 5.91 Å². The highest BCUT2D eigenvalue weighted by Crippen LogP contribution is 2.24. The maximum Gasteiger partial charge on any atom is 0.273 e. The molecule has 1 fully saturated rings. The lowest BCUT2D eigenvalue weighted by Crippen LogP contribution is -2.35. The highest BCUT2D eigenvalue weighted by atomic mass is 32.1. The summed E-state index contributed by atoms with van der Waals surface area (Å²) >= 11 is 1.52. The molecule has 0 bridgehead atoms. The van der Waals surface area contributed by atoms with Crippen molar-refractivity contribution in [3.05, 3.63) is 65.7 Å². The van der Waals surface area contributed by atoms with Gasteiger partial charge < -0.3 is 14.8 Å². The molecule has 4 aromatic rings. The molecule has 1 aliphatic heterocycles.